The molecule has 0 spiro atoms. The summed E-state index contributed by atoms with van der Waals surface area (Å²) in [5, 5.41) is 3.51. The number of carbonyl (C=O) groups excluding carboxylic acids is 1. The molecule has 19 heavy (non-hydrogen) atoms. The number of hydrogen-bond acceptors (Lipinski definition) is 3. The van der Waals surface area contributed by atoms with Crippen LogP contribution in [0.15, 0.2) is 0 Å². The van der Waals surface area contributed by atoms with Crippen LogP contribution >= 0.6 is 0 Å². The van der Waals surface area contributed by atoms with Gasteiger partial charge in [-0.3, -0.25) is 0 Å². The average Bonchev–Trinajstić information content (AvgIpc) is 2.75. The highest BCUT2D eigenvalue weighted by Gasteiger charge is 2.29. The van der Waals surface area contributed by atoms with Crippen LogP contribution in [-0.2, 0) is 4.74 Å². The lowest BCUT2D eigenvalue weighted by Crippen LogP contribution is -2.36. The third-order valence-electron chi connectivity index (χ3n) is 3.56. The van der Waals surface area contributed by atoms with Crippen LogP contribution in [0.1, 0.15) is 47.5 Å². The number of nitrogens with zero attached hydrogens (tertiary/aromatic N) is 1. The minimum Gasteiger partial charge on any atom is -0.444 e. The Morgan fingerprint density at radius 1 is 1.47 bits per heavy atom. The van der Waals surface area contributed by atoms with E-state index in [0.717, 1.165) is 38.5 Å². The molecule has 1 aliphatic rings. The number of amides is 1. The van der Waals surface area contributed by atoms with Gasteiger partial charge in [-0.1, -0.05) is 20.3 Å². The highest BCUT2D eigenvalue weighted by Crippen LogP contribution is 2.19. The van der Waals surface area contributed by atoms with E-state index in [2.05, 4.69) is 19.2 Å². The summed E-state index contributed by atoms with van der Waals surface area (Å²) in [6.45, 7) is 13.9. The van der Waals surface area contributed by atoms with Crippen LogP contribution in [-0.4, -0.2) is 42.8 Å². The van der Waals surface area contributed by atoms with Crippen LogP contribution in [0.5, 0.6) is 0 Å². The van der Waals surface area contributed by atoms with E-state index in [-0.39, 0.29) is 6.09 Å². The standard InChI is InChI=1S/C15H30N2O2/c1-6-12(2)9-16-10-13-7-8-17(11-13)14(18)19-15(3,4)5/h12-13,16H,6-11H2,1-5H3. The zero-order valence-corrected chi connectivity index (χ0v) is 13.2. The topological polar surface area (TPSA) is 41.6 Å². The van der Waals surface area contributed by atoms with Crippen molar-refractivity contribution in [3.8, 4) is 0 Å². The predicted molar refractivity (Wildman–Crippen MR) is 78.2 cm³/mol. The Morgan fingerprint density at radius 3 is 2.74 bits per heavy atom. The molecule has 0 aromatic heterocycles. The van der Waals surface area contributed by atoms with Gasteiger partial charge in [-0.05, 0) is 52.1 Å². The summed E-state index contributed by atoms with van der Waals surface area (Å²) >= 11 is 0. The molecule has 1 aliphatic heterocycles. The van der Waals surface area contributed by atoms with E-state index in [1.807, 2.05) is 25.7 Å². The Kier molecular flexibility index (Phi) is 6.11. The number of ether oxygens (including phenoxy) is 1. The molecule has 1 saturated heterocycles. The van der Waals surface area contributed by atoms with E-state index in [0.29, 0.717) is 5.92 Å². The molecule has 2 atom stereocenters. The summed E-state index contributed by atoms with van der Waals surface area (Å²) in [4.78, 5) is 13.8. The Balaban J connectivity index is 2.24. The second kappa shape index (κ2) is 7.13. The second-order valence-corrected chi connectivity index (χ2v) is 6.75. The van der Waals surface area contributed by atoms with Crippen LogP contribution in [0.2, 0.25) is 0 Å². The number of nitrogens with one attached hydrogen (secondary N) is 1. The highest BCUT2D eigenvalue weighted by molar-refractivity contribution is 5.68. The molecule has 1 rings (SSSR count). The zero-order chi connectivity index (χ0) is 14.5. The molecule has 0 aromatic carbocycles. The average molecular weight is 270 g/mol. The molecule has 0 bridgehead atoms. The summed E-state index contributed by atoms with van der Waals surface area (Å²) < 4.78 is 5.40. The van der Waals surface area contributed by atoms with E-state index in [9.17, 15) is 4.79 Å². The first-order valence-corrected chi connectivity index (χ1v) is 7.50. The number of carbonyl (C=O) groups is 1. The van der Waals surface area contributed by atoms with Crippen molar-refractivity contribution >= 4 is 6.09 Å². The molecule has 0 radical (unpaired) electrons. The van der Waals surface area contributed by atoms with Crippen molar-refractivity contribution in [1.82, 2.24) is 10.2 Å². The van der Waals surface area contributed by atoms with Gasteiger partial charge in [-0.15, -0.1) is 0 Å². The maximum Gasteiger partial charge on any atom is 0.410 e. The van der Waals surface area contributed by atoms with Gasteiger partial charge in [0.05, 0.1) is 0 Å². The zero-order valence-electron chi connectivity index (χ0n) is 13.2. The second-order valence-electron chi connectivity index (χ2n) is 6.75. The van der Waals surface area contributed by atoms with Gasteiger partial charge in [0, 0.05) is 13.1 Å². The lowest BCUT2D eigenvalue weighted by Gasteiger charge is -2.24. The molecule has 2 unspecified atom stereocenters. The molecule has 1 heterocycles. The lowest BCUT2D eigenvalue weighted by molar-refractivity contribution is 0.0288. The maximum atomic E-state index is 11.9. The molecule has 112 valence electrons. The van der Waals surface area contributed by atoms with Gasteiger partial charge >= 0.3 is 6.09 Å². The monoisotopic (exact) mass is 270 g/mol. The number of likely N-dealkylation sites (tertiary alicyclic amines) is 1. The molecule has 4 nitrogen and oxygen atoms in total. The van der Waals surface area contributed by atoms with Crippen molar-refractivity contribution in [1.29, 1.82) is 0 Å². The first-order chi connectivity index (χ1) is 8.81. The van der Waals surface area contributed by atoms with Gasteiger partial charge in [-0.2, -0.15) is 0 Å². The van der Waals surface area contributed by atoms with E-state index >= 15 is 0 Å². The fourth-order valence-corrected chi connectivity index (χ4v) is 2.17. The Hall–Kier alpha value is -0.770. The van der Waals surface area contributed by atoms with Crippen LogP contribution in [0.3, 0.4) is 0 Å². The van der Waals surface area contributed by atoms with Crippen LogP contribution in [0.4, 0.5) is 4.79 Å². The van der Waals surface area contributed by atoms with Gasteiger partial charge < -0.3 is 15.0 Å². The Morgan fingerprint density at radius 2 is 2.16 bits per heavy atom. The van der Waals surface area contributed by atoms with E-state index in [1.54, 1.807) is 0 Å². The molecular weight excluding hydrogens is 240 g/mol. The fraction of sp³-hybridized carbons (Fsp3) is 0.933. The summed E-state index contributed by atoms with van der Waals surface area (Å²) in [6.07, 6.45) is 2.12. The van der Waals surface area contributed by atoms with E-state index in [4.69, 9.17) is 4.74 Å². The molecule has 1 amide bonds. The lowest BCUT2D eigenvalue weighted by atomic mass is 10.1. The highest BCUT2D eigenvalue weighted by atomic mass is 16.6. The fourth-order valence-electron chi connectivity index (χ4n) is 2.17. The predicted octanol–water partition coefficient (Wildman–Crippen LogP) is 2.88. The summed E-state index contributed by atoms with van der Waals surface area (Å²) in [5.41, 5.74) is -0.399. The number of rotatable bonds is 5. The van der Waals surface area contributed by atoms with Gasteiger partial charge in [-0.25, -0.2) is 4.79 Å². The molecule has 4 heteroatoms. The van der Waals surface area contributed by atoms with Crippen LogP contribution in [0.25, 0.3) is 0 Å². The Labute approximate surface area is 117 Å². The van der Waals surface area contributed by atoms with Crippen LogP contribution in [0, 0.1) is 11.8 Å². The first kappa shape index (κ1) is 16.3. The third-order valence-corrected chi connectivity index (χ3v) is 3.56. The molecular formula is C15H30N2O2. The maximum absolute atomic E-state index is 11.9. The first-order valence-electron chi connectivity index (χ1n) is 7.50. The quantitative estimate of drug-likeness (QED) is 0.835. The molecule has 0 saturated carbocycles. The normalized spacial score (nSPS) is 21.5. The van der Waals surface area contributed by atoms with Crippen molar-refractivity contribution in [3.05, 3.63) is 0 Å². The molecule has 1 fully saturated rings. The SMILES string of the molecule is CCC(C)CNCC1CCN(C(=O)OC(C)(C)C)C1. The minimum absolute atomic E-state index is 0.170. The minimum atomic E-state index is -0.399. The smallest absolute Gasteiger partial charge is 0.410 e. The molecule has 0 aromatic rings. The van der Waals surface area contributed by atoms with Gasteiger partial charge in [0.15, 0.2) is 0 Å². The van der Waals surface area contributed by atoms with Crippen molar-refractivity contribution in [2.24, 2.45) is 11.8 Å². The summed E-state index contributed by atoms with van der Waals surface area (Å²) in [7, 11) is 0. The molecule has 0 aliphatic carbocycles. The van der Waals surface area contributed by atoms with Gasteiger partial charge in [0.2, 0.25) is 0 Å². The van der Waals surface area contributed by atoms with Crippen molar-refractivity contribution < 1.29 is 9.53 Å². The summed E-state index contributed by atoms with van der Waals surface area (Å²) in [6, 6.07) is 0. The van der Waals surface area contributed by atoms with Gasteiger partial charge in [0.1, 0.15) is 5.60 Å². The summed E-state index contributed by atoms with van der Waals surface area (Å²) in [5.74, 6) is 1.29. The van der Waals surface area contributed by atoms with Crippen molar-refractivity contribution in [2.45, 2.75) is 53.1 Å². The van der Waals surface area contributed by atoms with E-state index in [1.165, 1.54) is 6.42 Å². The van der Waals surface area contributed by atoms with Crippen molar-refractivity contribution in [2.75, 3.05) is 26.2 Å². The van der Waals surface area contributed by atoms with Crippen molar-refractivity contribution in [3.63, 3.8) is 0 Å². The van der Waals surface area contributed by atoms with E-state index < -0.39 is 5.60 Å². The number of hydrogen-bond donors (Lipinski definition) is 1. The Bertz CT molecular complexity index is 286. The van der Waals surface area contributed by atoms with Crippen LogP contribution < -0.4 is 5.32 Å². The largest absolute Gasteiger partial charge is 0.444 e. The van der Waals surface area contributed by atoms with Gasteiger partial charge in [0.25, 0.3) is 0 Å². The third kappa shape index (κ3) is 6.28. The molecule has 1 N–H and O–H groups in total.